The number of nitrogens with zero attached hydrogens (tertiary/aromatic N) is 5. The summed E-state index contributed by atoms with van der Waals surface area (Å²) >= 11 is 0. The van der Waals surface area contributed by atoms with Crippen LogP contribution in [-0.2, 0) is 0 Å². The van der Waals surface area contributed by atoms with Crippen molar-refractivity contribution in [3.63, 3.8) is 0 Å². The highest BCUT2D eigenvalue weighted by atomic mass is 16.2. The molecule has 2 heterocycles. The van der Waals surface area contributed by atoms with Crippen molar-refractivity contribution in [2.24, 2.45) is 5.92 Å². The predicted molar refractivity (Wildman–Crippen MR) is 115 cm³/mol. The van der Waals surface area contributed by atoms with Crippen molar-refractivity contribution >= 4 is 17.4 Å². The lowest BCUT2D eigenvalue weighted by Crippen LogP contribution is -2.33. The molecule has 29 heavy (non-hydrogen) atoms. The number of imidazole rings is 1. The van der Waals surface area contributed by atoms with Gasteiger partial charge in [-0.05, 0) is 57.1 Å². The number of benzene rings is 1. The van der Waals surface area contributed by atoms with E-state index in [1.807, 2.05) is 68.3 Å². The Morgan fingerprint density at radius 1 is 1.10 bits per heavy atom. The van der Waals surface area contributed by atoms with Crippen LogP contribution in [0.25, 0.3) is 16.9 Å². The molecule has 0 bridgehead atoms. The molecule has 1 aliphatic rings. The van der Waals surface area contributed by atoms with E-state index in [1.54, 1.807) is 4.90 Å². The summed E-state index contributed by atoms with van der Waals surface area (Å²) in [6.45, 7) is 2.51. The van der Waals surface area contributed by atoms with Gasteiger partial charge in [-0.3, -0.25) is 4.79 Å². The Balaban J connectivity index is 1.51. The molecule has 0 saturated heterocycles. The topological polar surface area (TPSA) is 65.8 Å². The maximum Gasteiger partial charge on any atom is 0.253 e. The highest BCUT2D eigenvalue weighted by Crippen LogP contribution is 2.29. The van der Waals surface area contributed by atoms with Gasteiger partial charge in [-0.25, -0.2) is 9.50 Å². The van der Waals surface area contributed by atoms with Gasteiger partial charge in [-0.2, -0.15) is 0 Å². The van der Waals surface area contributed by atoms with Crippen LogP contribution in [0.3, 0.4) is 0 Å². The van der Waals surface area contributed by atoms with E-state index in [1.165, 1.54) is 12.8 Å². The van der Waals surface area contributed by atoms with Gasteiger partial charge in [-0.15, -0.1) is 5.10 Å². The average Bonchev–Trinajstić information content (AvgIpc) is 3.47. The van der Waals surface area contributed by atoms with E-state index in [9.17, 15) is 4.79 Å². The molecule has 7 nitrogen and oxygen atoms in total. The molecular formula is C22H28N6O. The van der Waals surface area contributed by atoms with Crippen LogP contribution in [0.15, 0.2) is 42.6 Å². The van der Waals surface area contributed by atoms with Gasteiger partial charge >= 0.3 is 0 Å². The third-order valence-corrected chi connectivity index (χ3v) is 5.29. The molecule has 0 radical (unpaired) electrons. The van der Waals surface area contributed by atoms with Gasteiger partial charge in [0.1, 0.15) is 5.82 Å². The maximum absolute atomic E-state index is 12.6. The minimum absolute atomic E-state index is 0.0289. The lowest BCUT2D eigenvalue weighted by Gasteiger charge is -2.19. The van der Waals surface area contributed by atoms with E-state index >= 15 is 0 Å². The van der Waals surface area contributed by atoms with Crippen LogP contribution in [0.4, 0.5) is 5.82 Å². The first-order chi connectivity index (χ1) is 14.0. The summed E-state index contributed by atoms with van der Waals surface area (Å²) in [4.78, 5) is 20.9. The van der Waals surface area contributed by atoms with Gasteiger partial charge in [0.2, 0.25) is 0 Å². The number of fused-ring (bicyclic) bond motifs is 1. The molecule has 1 aromatic carbocycles. The van der Waals surface area contributed by atoms with E-state index < -0.39 is 0 Å². The van der Waals surface area contributed by atoms with Crippen LogP contribution in [0.1, 0.15) is 23.2 Å². The van der Waals surface area contributed by atoms with Gasteiger partial charge in [0.15, 0.2) is 5.65 Å². The predicted octanol–water partition coefficient (Wildman–Crippen LogP) is 2.85. The highest BCUT2D eigenvalue weighted by molar-refractivity contribution is 5.94. The van der Waals surface area contributed by atoms with Gasteiger partial charge in [-0.1, -0.05) is 12.1 Å². The normalized spacial score (nSPS) is 13.8. The van der Waals surface area contributed by atoms with Crippen molar-refractivity contribution in [1.82, 2.24) is 24.4 Å². The fourth-order valence-corrected chi connectivity index (χ4v) is 3.19. The number of anilines is 1. The molecule has 0 aliphatic heterocycles. The van der Waals surface area contributed by atoms with E-state index in [0.717, 1.165) is 41.7 Å². The molecule has 7 heteroatoms. The number of carbonyl (C=O) groups excluding carboxylic acids is 1. The van der Waals surface area contributed by atoms with Gasteiger partial charge in [0, 0.05) is 37.8 Å². The average molecular weight is 393 g/mol. The smallest absolute Gasteiger partial charge is 0.253 e. The number of hydrogen-bond donors (Lipinski definition) is 1. The Morgan fingerprint density at radius 2 is 1.86 bits per heavy atom. The molecule has 0 atom stereocenters. The zero-order valence-electron chi connectivity index (χ0n) is 17.3. The number of likely N-dealkylation sites (N-methyl/N-ethyl adjacent to an activating group) is 2. The fourth-order valence-electron chi connectivity index (χ4n) is 3.19. The number of hydrogen-bond acceptors (Lipinski definition) is 5. The second kappa shape index (κ2) is 8.21. The summed E-state index contributed by atoms with van der Waals surface area (Å²) in [5.74, 6) is 1.68. The van der Waals surface area contributed by atoms with Crippen molar-refractivity contribution < 1.29 is 4.79 Å². The lowest BCUT2D eigenvalue weighted by molar-refractivity contribution is 0.0786. The van der Waals surface area contributed by atoms with Crippen molar-refractivity contribution in [3.8, 4) is 11.3 Å². The molecule has 3 aromatic rings. The summed E-state index contributed by atoms with van der Waals surface area (Å²) in [7, 11) is 5.85. The number of rotatable bonds is 8. The van der Waals surface area contributed by atoms with Crippen LogP contribution in [0.5, 0.6) is 0 Å². The number of amides is 1. The van der Waals surface area contributed by atoms with Crippen molar-refractivity contribution in [1.29, 1.82) is 0 Å². The SMILES string of the molecule is CN(C)CCN(C)C(=O)c1ccc(-c2cnc3ccc(NCC4CC4)nn23)cc1. The van der Waals surface area contributed by atoms with Gasteiger partial charge in [0.25, 0.3) is 5.91 Å². The molecule has 4 rings (SSSR count). The van der Waals surface area contributed by atoms with Crippen LogP contribution < -0.4 is 5.32 Å². The Bertz CT molecular complexity index is 990. The summed E-state index contributed by atoms with van der Waals surface area (Å²) in [6.07, 6.45) is 4.44. The molecule has 0 unspecified atom stereocenters. The summed E-state index contributed by atoms with van der Waals surface area (Å²) in [6, 6.07) is 11.6. The zero-order valence-corrected chi connectivity index (χ0v) is 17.3. The third-order valence-electron chi connectivity index (χ3n) is 5.29. The van der Waals surface area contributed by atoms with Crippen molar-refractivity contribution in [3.05, 3.63) is 48.2 Å². The molecule has 1 amide bonds. The number of carbonyl (C=O) groups is 1. The quantitative estimate of drug-likeness (QED) is 0.639. The Labute approximate surface area is 171 Å². The van der Waals surface area contributed by atoms with E-state index in [-0.39, 0.29) is 5.91 Å². The first kappa shape index (κ1) is 19.4. The zero-order chi connectivity index (χ0) is 20.4. The Morgan fingerprint density at radius 3 is 2.55 bits per heavy atom. The number of nitrogens with one attached hydrogen (secondary N) is 1. The fraction of sp³-hybridized carbons (Fsp3) is 0.409. The summed E-state index contributed by atoms with van der Waals surface area (Å²) in [5.41, 5.74) is 3.39. The Kier molecular flexibility index (Phi) is 5.49. The largest absolute Gasteiger partial charge is 0.368 e. The third kappa shape index (κ3) is 4.56. The molecule has 0 spiro atoms. The van der Waals surface area contributed by atoms with E-state index in [0.29, 0.717) is 12.1 Å². The summed E-state index contributed by atoms with van der Waals surface area (Å²) in [5, 5.41) is 8.11. The highest BCUT2D eigenvalue weighted by Gasteiger charge is 2.21. The molecule has 1 fully saturated rings. The first-order valence-electron chi connectivity index (χ1n) is 10.1. The molecule has 1 N–H and O–H groups in total. The van der Waals surface area contributed by atoms with Gasteiger partial charge < -0.3 is 15.1 Å². The van der Waals surface area contributed by atoms with E-state index in [2.05, 4.69) is 15.2 Å². The molecule has 152 valence electrons. The summed E-state index contributed by atoms with van der Waals surface area (Å²) < 4.78 is 1.86. The standard InChI is InChI=1S/C22H28N6O/c1-26(2)12-13-27(3)22(29)18-8-6-17(7-9-18)19-15-24-21-11-10-20(25-28(19)21)23-14-16-4-5-16/h6-11,15-16H,4-5,12-14H2,1-3H3,(H,23,25). The van der Waals surface area contributed by atoms with Crippen LogP contribution in [-0.4, -0.2) is 71.1 Å². The van der Waals surface area contributed by atoms with E-state index in [4.69, 9.17) is 5.10 Å². The van der Waals surface area contributed by atoms with Crippen LogP contribution in [0, 0.1) is 5.92 Å². The number of aromatic nitrogens is 3. The maximum atomic E-state index is 12.6. The van der Waals surface area contributed by atoms with Crippen molar-refractivity contribution in [2.45, 2.75) is 12.8 Å². The van der Waals surface area contributed by atoms with Crippen LogP contribution >= 0.6 is 0 Å². The van der Waals surface area contributed by atoms with Gasteiger partial charge in [0.05, 0.1) is 11.9 Å². The monoisotopic (exact) mass is 392 g/mol. The molecule has 1 saturated carbocycles. The first-order valence-corrected chi connectivity index (χ1v) is 10.1. The Hall–Kier alpha value is -2.93. The molecule has 1 aliphatic carbocycles. The second-order valence-corrected chi connectivity index (χ2v) is 8.06. The molecule has 2 aromatic heterocycles. The second-order valence-electron chi connectivity index (χ2n) is 8.06. The minimum atomic E-state index is 0.0289. The van der Waals surface area contributed by atoms with Crippen LogP contribution in [0.2, 0.25) is 0 Å². The van der Waals surface area contributed by atoms with Crippen molar-refractivity contribution in [2.75, 3.05) is 46.1 Å². The minimum Gasteiger partial charge on any atom is -0.368 e. The lowest BCUT2D eigenvalue weighted by atomic mass is 10.1. The molecular weight excluding hydrogens is 364 g/mol.